The first-order valence-electron chi connectivity index (χ1n) is 6.92. The van der Waals surface area contributed by atoms with Crippen LogP contribution in [0.1, 0.15) is 37.6 Å². The molecular formula is C14H23N3OS. The Bertz CT molecular complexity index is 407. The first-order chi connectivity index (χ1) is 9.11. The minimum atomic E-state index is 0.0549. The zero-order valence-corrected chi connectivity index (χ0v) is 12.5. The van der Waals surface area contributed by atoms with Gasteiger partial charge in [0.25, 0.3) is 0 Å². The zero-order valence-electron chi connectivity index (χ0n) is 11.6. The predicted molar refractivity (Wildman–Crippen MR) is 79.1 cm³/mol. The van der Waals surface area contributed by atoms with E-state index in [0.717, 1.165) is 25.9 Å². The summed E-state index contributed by atoms with van der Waals surface area (Å²) in [6.07, 6.45) is 1.97. The second kappa shape index (κ2) is 6.50. The number of carbonyl (C=O) groups excluding carboxylic acids is 1. The lowest BCUT2D eigenvalue weighted by Crippen LogP contribution is -2.41. The molecule has 0 spiro atoms. The molecule has 0 aliphatic carbocycles. The largest absolute Gasteiger partial charge is 0.352 e. The number of hydrogen-bond donors (Lipinski definition) is 2. The van der Waals surface area contributed by atoms with E-state index in [1.807, 2.05) is 0 Å². The number of hydrogen-bond acceptors (Lipinski definition) is 4. The number of rotatable bonds is 5. The van der Waals surface area contributed by atoms with E-state index in [2.05, 4.69) is 34.7 Å². The fraction of sp³-hybridized carbons (Fsp3) is 0.643. The highest BCUT2D eigenvalue weighted by Gasteiger charge is 2.32. The van der Waals surface area contributed by atoms with Crippen molar-refractivity contribution in [3.05, 3.63) is 22.4 Å². The monoisotopic (exact) mass is 281 g/mol. The summed E-state index contributed by atoms with van der Waals surface area (Å²) in [5, 5.41) is 5.11. The maximum atomic E-state index is 11.1. The molecule has 1 aliphatic rings. The molecule has 2 rings (SSSR count). The highest BCUT2D eigenvalue weighted by molar-refractivity contribution is 7.10. The van der Waals surface area contributed by atoms with Gasteiger partial charge in [0, 0.05) is 37.0 Å². The van der Waals surface area contributed by atoms with Gasteiger partial charge in [-0.3, -0.25) is 9.69 Å². The molecule has 1 amide bonds. The smallest absolute Gasteiger partial charge is 0.217 e. The van der Waals surface area contributed by atoms with Crippen LogP contribution in [-0.2, 0) is 4.79 Å². The lowest BCUT2D eigenvalue weighted by atomic mass is 10.0. The number of likely N-dealkylation sites (tertiary alicyclic amines) is 1. The molecule has 3 atom stereocenters. The lowest BCUT2D eigenvalue weighted by molar-refractivity contribution is -0.119. The molecule has 19 heavy (non-hydrogen) atoms. The van der Waals surface area contributed by atoms with E-state index in [-0.39, 0.29) is 24.0 Å². The van der Waals surface area contributed by atoms with Gasteiger partial charge >= 0.3 is 0 Å². The number of nitrogens with one attached hydrogen (secondary N) is 1. The summed E-state index contributed by atoms with van der Waals surface area (Å²) in [6, 6.07) is 4.94. The van der Waals surface area contributed by atoms with Crippen LogP contribution < -0.4 is 11.1 Å². The molecule has 3 N–H and O–H groups in total. The maximum absolute atomic E-state index is 11.1. The van der Waals surface area contributed by atoms with Crippen molar-refractivity contribution in [2.75, 3.05) is 13.1 Å². The van der Waals surface area contributed by atoms with Crippen LogP contribution >= 0.6 is 11.3 Å². The van der Waals surface area contributed by atoms with Gasteiger partial charge in [-0.25, -0.2) is 0 Å². The van der Waals surface area contributed by atoms with Crippen LogP contribution in [0.2, 0.25) is 0 Å². The fourth-order valence-corrected chi connectivity index (χ4v) is 3.72. The number of nitrogens with two attached hydrogens (primary N) is 1. The van der Waals surface area contributed by atoms with Crippen LogP contribution in [0.15, 0.2) is 17.5 Å². The molecule has 1 fully saturated rings. The van der Waals surface area contributed by atoms with Crippen molar-refractivity contribution in [3.8, 4) is 0 Å². The van der Waals surface area contributed by atoms with Crippen LogP contribution in [-0.4, -0.2) is 36.0 Å². The van der Waals surface area contributed by atoms with E-state index in [0.29, 0.717) is 0 Å². The van der Waals surface area contributed by atoms with Gasteiger partial charge in [0.15, 0.2) is 0 Å². The van der Waals surface area contributed by atoms with Gasteiger partial charge in [-0.05, 0) is 24.3 Å². The Balaban J connectivity index is 2.06. The minimum absolute atomic E-state index is 0.0549. The average Bonchev–Trinajstić information content (AvgIpc) is 3.01. The number of thiophene rings is 1. The van der Waals surface area contributed by atoms with Crippen molar-refractivity contribution in [1.29, 1.82) is 0 Å². The first-order valence-corrected chi connectivity index (χ1v) is 7.80. The van der Waals surface area contributed by atoms with Gasteiger partial charge in [-0.1, -0.05) is 13.0 Å². The summed E-state index contributed by atoms with van der Waals surface area (Å²) in [5.74, 6) is 0.0549. The number of carbonyl (C=O) groups is 1. The SMILES string of the molecule is CCC(N)C(c1cccs1)N1CCC(NC(C)=O)C1. The maximum Gasteiger partial charge on any atom is 0.217 e. The van der Waals surface area contributed by atoms with Gasteiger partial charge in [0.2, 0.25) is 5.91 Å². The molecule has 1 aliphatic heterocycles. The highest BCUT2D eigenvalue weighted by atomic mass is 32.1. The van der Waals surface area contributed by atoms with E-state index >= 15 is 0 Å². The molecule has 0 saturated carbocycles. The molecule has 1 saturated heterocycles. The van der Waals surface area contributed by atoms with E-state index in [4.69, 9.17) is 5.73 Å². The zero-order chi connectivity index (χ0) is 13.8. The van der Waals surface area contributed by atoms with Crippen LogP contribution in [0.4, 0.5) is 0 Å². The summed E-state index contributed by atoms with van der Waals surface area (Å²) in [5.41, 5.74) is 6.31. The molecule has 0 aromatic carbocycles. The van der Waals surface area contributed by atoms with Gasteiger partial charge in [0.1, 0.15) is 0 Å². The van der Waals surface area contributed by atoms with Crippen molar-refractivity contribution in [3.63, 3.8) is 0 Å². The summed E-state index contributed by atoms with van der Waals surface area (Å²) >= 11 is 1.77. The molecule has 2 heterocycles. The molecule has 0 radical (unpaired) electrons. The third-order valence-electron chi connectivity index (χ3n) is 3.73. The summed E-state index contributed by atoms with van der Waals surface area (Å²) in [4.78, 5) is 14.9. The molecule has 3 unspecified atom stereocenters. The second-order valence-corrected chi connectivity index (χ2v) is 6.19. The fourth-order valence-electron chi connectivity index (χ4n) is 2.79. The minimum Gasteiger partial charge on any atom is -0.352 e. The van der Waals surface area contributed by atoms with Crippen molar-refractivity contribution in [2.45, 2.75) is 44.8 Å². The number of amides is 1. The predicted octanol–water partition coefficient (Wildman–Crippen LogP) is 1.74. The molecule has 5 heteroatoms. The van der Waals surface area contributed by atoms with E-state index < -0.39 is 0 Å². The van der Waals surface area contributed by atoms with Gasteiger partial charge in [-0.15, -0.1) is 11.3 Å². The third kappa shape index (κ3) is 3.55. The molecule has 106 valence electrons. The van der Waals surface area contributed by atoms with Crippen molar-refractivity contribution < 1.29 is 4.79 Å². The Morgan fingerprint density at radius 3 is 3.05 bits per heavy atom. The van der Waals surface area contributed by atoms with E-state index in [1.54, 1.807) is 18.3 Å². The molecule has 4 nitrogen and oxygen atoms in total. The van der Waals surface area contributed by atoms with Crippen LogP contribution in [0, 0.1) is 0 Å². The Morgan fingerprint density at radius 1 is 1.68 bits per heavy atom. The topological polar surface area (TPSA) is 58.4 Å². The van der Waals surface area contributed by atoms with Crippen molar-refractivity contribution in [1.82, 2.24) is 10.2 Å². The quantitative estimate of drug-likeness (QED) is 0.864. The molecule has 1 aromatic heterocycles. The highest BCUT2D eigenvalue weighted by Crippen LogP contribution is 2.31. The van der Waals surface area contributed by atoms with Crippen LogP contribution in [0.5, 0.6) is 0 Å². The Labute approximate surface area is 119 Å². The number of nitrogens with zero attached hydrogens (tertiary/aromatic N) is 1. The van der Waals surface area contributed by atoms with E-state index in [9.17, 15) is 4.79 Å². The van der Waals surface area contributed by atoms with Gasteiger partial charge in [0.05, 0.1) is 6.04 Å². The summed E-state index contributed by atoms with van der Waals surface area (Å²) in [6.45, 7) is 5.61. The summed E-state index contributed by atoms with van der Waals surface area (Å²) in [7, 11) is 0. The van der Waals surface area contributed by atoms with Crippen molar-refractivity contribution in [2.24, 2.45) is 5.73 Å². The van der Waals surface area contributed by atoms with Crippen LogP contribution in [0.3, 0.4) is 0 Å². The molecule has 0 bridgehead atoms. The molecule has 1 aromatic rings. The molecular weight excluding hydrogens is 258 g/mol. The standard InChI is InChI=1S/C14H23N3OS/c1-3-12(15)14(13-5-4-8-19-13)17-7-6-11(9-17)16-10(2)18/h4-5,8,11-12,14H,3,6-7,9,15H2,1-2H3,(H,16,18). The first kappa shape index (κ1) is 14.5. The Hall–Kier alpha value is -0.910. The second-order valence-electron chi connectivity index (χ2n) is 5.21. The Kier molecular flexibility index (Phi) is 4.96. The van der Waals surface area contributed by atoms with Gasteiger partial charge in [-0.2, -0.15) is 0 Å². The average molecular weight is 281 g/mol. The van der Waals surface area contributed by atoms with Gasteiger partial charge < -0.3 is 11.1 Å². The van der Waals surface area contributed by atoms with E-state index in [1.165, 1.54) is 4.88 Å². The Morgan fingerprint density at radius 2 is 2.47 bits per heavy atom. The van der Waals surface area contributed by atoms with Crippen LogP contribution in [0.25, 0.3) is 0 Å². The lowest BCUT2D eigenvalue weighted by Gasteiger charge is -2.31. The summed E-state index contributed by atoms with van der Waals surface area (Å²) < 4.78 is 0. The normalized spacial score (nSPS) is 23.2. The van der Waals surface area contributed by atoms with Crippen molar-refractivity contribution >= 4 is 17.2 Å². The third-order valence-corrected chi connectivity index (χ3v) is 4.68.